The number of carboxylic acid groups (broad SMARTS) is 1. The minimum atomic E-state index is -1.27. The Hall–Kier alpha value is -3.48. The van der Waals surface area contributed by atoms with Crippen LogP contribution in [0.3, 0.4) is 0 Å². The van der Waals surface area contributed by atoms with Gasteiger partial charge in [-0.15, -0.1) is 0 Å². The number of aliphatic carboxylic acids is 1. The summed E-state index contributed by atoms with van der Waals surface area (Å²) in [6.45, 7) is 6.53. The molecule has 162 valence electrons. The Kier molecular flexibility index (Phi) is 7.18. The molecule has 1 aromatic carbocycles. The summed E-state index contributed by atoms with van der Waals surface area (Å²) in [6.07, 6.45) is 9.03. The average Bonchev–Trinajstić information content (AvgIpc) is 2.78. The second-order valence-electron chi connectivity index (χ2n) is 7.84. The normalized spacial score (nSPS) is 11.2. The summed E-state index contributed by atoms with van der Waals surface area (Å²) in [6, 6.07) is 11.5. The van der Waals surface area contributed by atoms with Crippen molar-refractivity contribution in [3.63, 3.8) is 0 Å². The van der Waals surface area contributed by atoms with Crippen LogP contribution >= 0.6 is 0 Å². The van der Waals surface area contributed by atoms with Gasteiger partial charge in [0.2, 0.25) is 5.95 Å². The second-order valence-corrected chi connectivity index (χ2v) is 7.84. The standard InChI is InChI=1S/C24H28N4O3/c1-4-18-15-26-23(27-16-18)28(17-20-6-5-12-25-14-20)13-11-19-7-9-21(10-8-19)31-24(2,3)22(29)30/h5-10,12,14-16H,4,11,13,17H2,1-3H3,(H,29,30). The quantitative estimate of drug-likeness (QED) is 0.532. The molecule has 0 aliphatic carbocycles. The highest BCUT2D eigenvalue weighted by Gasteiger charge is 2.29. The molecule has 31 heavy (non-hydrogen) atoms. The summed E-state index contributed by atoms with van der Waals surface area (Å²) >= 11 is 0. The molecule has 3 aromatic rings. The highest BCUT2D eigenvalue weighted by atomic mass is 16.5. The van der Waals surface area contributed by atoms with E-state index in [1.54, 1.807) is 18.3 Å². The lowest BCUT2D eigenvalue weighted by atomic mass is 10.1. The number of hydrogen-bond donors (Lipinski definition) is 1. The first-order valence-electron chi connectivity index (χ1n) is 10.3. The maximum absolute atomic E-state index is 11.2. The number of rotatable bonds is 10. The number of pyridine rings is 1. The molecule has 0 amide bonds. The molecule has 0 saturated carbocycles. The van der Waals surface area contributed by atoms with Gasteiger partial charge in [0.15, 0.2) is 5.60 Å². The molecule has 0 aliphatic heterocycles. The van der Waals surface area contributed by atoms with Gasteiger partial charge < -0.3 is 14.7 Å². The Bertz CT molecular complexity index is 974. The van der Waals surface area contributed by atoms with Crippen molar-refractivity contribution in [2.75, 3.05) is 11.4 Å². The molecule has 0 radical (unpaired) electrons. The van der Waals surface area contributed by atoms with E-state index in [1.807, 2.05) is 42.9 Å². The number of carbonyl (C=O) groups is 1. The van der Waals surface area contributed by atoms with Gasteiger partial charge in [-0.1, -0.05) is 25.1 Å². The summed E-state index contributed by atoms with van der Waals surface area (Å²) in [5.41, 5.74) is 2.03. The molecule has 0 atom stereocenters. The first-order chi connectivity index (χ1) is 14.9. The molecular weight excluding hydrogens is 392 g/mol. The van der Waals surface area contributed by atoms with Crippen LogP contribution in [0.25, 0.3) is 0 Å². The minimum Gasteiger partial charge on any atom is -0.478 e. The van der Waals surface area contributed by atoms with E-state index in [0.717, 1.165) is 36.1 Å². The number of carboxylic acids is 1. The van der Waals surface area contributed by atoms with E-state index < -0.39 is 11.6 Å². The monoisotopic (exact) mass is 420 g/mol. The van der Waals surface area contributed by atoms with Crippen molar-refractivity contribution in [3.05, 3.63) is 77.9 Å². The largest absolute Gasteiger partial charge is 0.478 e. The predicted octanol–water partition coefficient (Wildman–Crippen LogP) is 3.93. The molecule has 0 fully saturated rings. The van der Waals surface area contributed by atoms with Gasteiger partial charge in [0.05, 0.1) is 0 Å². The molecule has 2 aromatic heterocycles. The van der Waals surface area contributed by atoms with Crippen molar-refractivity contribution in [3.8, 4) is 5.75 Å². The molecule has 0 bridgehead atoms. The maximum atomic E-state index is 11.2. The molecule has 0 aliphatic rings. The third-order valence-electron chi connectivity index (χ3n) is 4.96. The van der Waals surface area contributed by atoms with E-state index in [4.69, 9.17) is 4.74 Å². The van der Waals surface area contributed by atoms with Crippen molar-refractivity contribution >= 4 is 11.9 Å². The van der Waals surface area contributed by atoms with Crippen molar-refractivity contribution in [1.82, 2.24) is 15.0 Å². The molecule has 1 N–H and O–H groups in total. The number of nitrogens with zero attached hydrogens (tertiary/aromatic N) is 4. The number of hydrogen-bond acceptors (Lipinski definition) is 6. The van der Waals surface area contributed by atoms with Crippen LogP contribution in [-0.2, 0) is 24.2 Å². The number of benzene rings is 1. The summed E-state index contributed by atoms with van der Waals surface area (Å²) in [5.74, 6) is 0.211. The summed E-state index contributed by atoms with van der Waals surface area (Å²) in [4.78, 5) is 26.7. The van der Waals surface area contributed by atoms with Crippen LogP contribution in [-0.4, -0.2) is 38.2 Å². The van der Waals surface area contributed by atoms with E-state index in [0.29, 0.717) is 18.2 Å². The van der Waals surface area contributed by atoms with Crippen molar-refractivity contribution in [2.45, 2.75) is 45.8 Å². The van der Waals surface area contributed by atoms with Gasteiger partial charge in [0.25, 0.3) is 0 Å². The zero-order chi connectivity index (χ0) is 22.3. The first kappa shape index (κ1) is 22.2. The number of aromatic nitrogens is 3. The van der Waals surface area contributed by atoms with Gasteiger partial charge in [-0.2, -0.15) is 0 Å². The molecule has 2 heterocycles. The minimum absolute atomic E-state index is 0.529. The molecule has 0 unspecified atom stereocenters. The maximum Gasteiger partial charge on any atom is 0.347 e. The third kappa shape index (κ3) is 6.25. The SMILES string of the molecule is CCc1cnc(N(CCc2ccc(OC(C)(C)C(=O)O)cc2)Cc2cccnc2)nc1. The fraction of sp³-hybridized carbons (Fsp3) is 0.333. The summed E-state index contributed by atoms with van der Waals surface area (Å²) < 4.78 is 5.58. The number of ether oxygens (including phenoxy) is 1. The second kappa shape index (κ2) is 10.0. The molecule has 7 nitrogen and oxygen atoms in total. The van der Waals surface area contributed by atoms with E-state index in [9.17, 15) is 9.90 Å². The zero-order valence-corrected chi connectivity index (χ0v) is 18.2. The van der Waals surface area contributed by atoms with Crippen molar-refractivity contribution < 1.29 is 14.6 Å². The third-order valence-corrected chi connectivity index (χ3v) is 4.96. The van der Waals surface area contributed by atoms with Gasteiger partial charge in [-0.05, 0) is 61.6 Å². The fourth-order valence-corrected chi connectivity index (χ4v) is 2.98. The van der Waals surface area contributed by atoms with Gasteiger partial charge in [0.1, 0.15) is 5.75 Å². The fourth-order valence-electron chi connectivity index (χ4n) is 2.98. The Morgan fingerprint density at radius 2 is 1.74 bits per heavy atom. The van der Waals surface area contributed by atoms with Crippen LogP contribution in [0.15, 0.2) is 61.2 Å². The molecule has 3 rings (SSSR count). The Morgan fingerprint density at radius 1 is 1.03 bits per heavy atom. The van der Waals surface area contributed by atoms with Crippen molar-refractivity contribution in [1.29, 1.82) is 0 Å². The molecule has 0 saturated heterocycles. The number of anilines is 1. The topological polar surface area (TPSA) is 88.4 Å². The molecule has 7 heteroatoms. The van der Waals surface area contributed by atoms with Gasteiger partial charge >= 0.3 is 5.97 Å². The van der Waals surface area contributed by atoms with Crippen LogP contribution in [0.2, 0.25) is 0 Å². The lowest BCUT2D eigenvalue weighted by molar-refractivity contribution is -0.152. The van der Waals surface area contributed by atoms with Crippen LogP contribution < -0.4 is 9.64 Å². The van der Waals surface area contributed by atoms with E-state index in [-0.39, 0.29) is 0 Å². The predicted molar refractivity (Wildman–Crippen MR) is 119 cm³/mol. The number of aryl methyl sites for hydroxylation is 1. The Balaban J connectivity index is 1.70. The van der Waals surface area contributed by atoms with E-state index >= 15 is 0 Å². The lowest BCUT2D eigenvalue weighted by Gasteiger charge is -2.23. The van der Waals surface area contributed by atoms with Gasteiger partial charge in [-0.25, -0.2) is 14.8 Å². The summed E-state index contributed by atoms with van der Waals surface area (Å²) in [7, 11) is 0. The van der Waals surface area contributed by atoms with Crippen LogP contribution in [0.1, 0.15) is 37.5 Å². The lowest BCUT2D eigenvalue weighted by Crippen LogP contribution is -2.37. The van der Waals surface area contributed by atoms with Crippen molar-refractivity contribution in [2.24, 2.45) is 0 Å². The van der Waals surface area contributed by atoms with E-state index in [2.05, 4.69) is 26.8 Å². The summed E-state index contributed by atoms with van der Waals surface area (Å²) in [5, 5.41) is 9.22. The zero-order valence-electron chi connectivity index (χ0n) is 18.2. The van der Waals surface area contributed by atoms with Gasteiger partial charge in [0, 0.05) is 37.9 Å². The highest BCUT2D eigenvalue weighted by Crippen LogP contribution is 2.20. The van der Waals surface area contributed by atoms with E-state index in [1.165, 1.54) is 13.8 Å². The Morgan fingerprint density at radius 3 is 2.32 bits per heavy atom. The Labute approximate surface area is 182 Å². The molecular formula is C24H28N4O3. The van der Waals surface area contributed by atoms with Gasteiger partial charge in [-0.3, -0.25) is 4.98 Å². The first-order valence-corrected chi connectivity index (χ1v) is 10.3. The van der Waals surface area contributed by atoms with Crippen LogP contribution in [0.5, 0.6) is 5.75 Å². The average molecular weight is 421 g/mol. The van der Waals surface area contributed by atoms with Crippen LogP contribution in [0, 0.1) is 0 Å². The highest BCUT2D eigenvalue weighted by molar-refractivity contribution is 5.76. The van der Waals surface area contributed by atoms with Crippen LogP contribution in [0.4, 0.5) is 5.95 Å². The molecule has 0 spiro atoms. The smallest absolute Gasteiger partial charge is 0.347 e.